The molecule has 0 aliphatic heterocycles. The minimum Gasteiger partial charge on any atom is -0.329 e. The van der Waals surface area contributed by atoms with Crippen molar-refractivity contribution in [2.24, 2.45) is 0 Å². The van der Waals surface area contributed by atoms with Crippen LogP contribution in [0.4, 0.5) is 0 Å². The van der Waals surface area contributed by atoms with Gasteiger partial charge in [0.25, 0.3) is 5.91 Å². The second-order valence-corrected chi connectivity index (χ2v) is 4.78. The van der Waals surface area contributed by atoms with Crippen LogP contribution in [-0.4, -0.2) is 5.91 Å². The standard InChI is InChI=1S/C19H15NO/c21-19(20-13-12-15-6-2-1-3-7-15)18-11-10-16-8-4-5-9-17(16)14-18/h1-14H,(H,20,21)/b13-12-. The minimum atomic E-state index is -0.104. The third kappa shape index (κ3) is 3.18. The van der Waals surface area contributed by atoms with E-state index in [0.29, 0.717) is 5.56 Å². The third-order valence-electron chi connectivity index (χ3n) is 3.30. The third-order valence-corrected chi connectivity index (χ3v) is 3.30. The fourth-order valence-corrected chi connectivity index (χ4v) is 2.19. The van der Waals surface area contributed by atoms with Gasteiger partial charge >= 0.3 is 0 Å². The average Bonchev–Trinajstić information content (AvgIpc) is 2.55. The summed E-state index contributed by atoms with van der Waals surface area (Å²) in [5.41, 5.74) is 1.71. The SMILES string of the molecule is O=C(N/C=C\c1ccccc1)c1ccc2ccccc2c1. The zero-order valence-corrected chi connectivity index (χ0v) is 11.5. The molecule has 2 heteroatoms. The van der Waals surface area contributed by atoms with Crippen molar-refractivity contribution in [2.75, 3.05) is 0 Å². The molecule has 0 fully saturated rings. The highest BCUT2D eigenvalue weighted by Gasteiger charge is 2.03. The maximum Gasteiger partial charge on any atom is 0.255 e. The van der Waals surface area contributed by atoms with Gasteiger partial charge in [-0.05, 0) is 34.5 Å². The molecule has 0 unspecified atom stereocenters. The number of nitrogens with one attached hydrogen (secondary N) is 1. The maximum atomic E-state index is 12.1. The van der Waals surface area contributed by atoms with E-state index in [0.717, 1.165) is 16.3 Å². The van der Waals surface area contributed by atoms with E-state index in [1.807, 2.05) is 78.9 Å². The molecule has 1 amide bonds. The van der Waals surface area contributed by atoms with Crippen LogP contribution in [0.2, 0.25) is 0 Å². The van der Waals surface area contributed by atoms with Crippen LogP contribution in [0.5, 0.6) is 0 Å². The van der Waals surface area contributed by atoms with E-state index in [9.17, 15) is 4.79 Å². The van der Waals surface area contributed by atoms with E-state index >= 15 is 0 Å². The van der Waals surface area contributed by atoms with Crippen molar-refractivity contribution < 1.29 is 4.79 Å². The van der Waals surface area contributed by atoms with Crippen LogP contribution in [0.25, 0.3) is 16.8 Å². The summed E-state index contributed by atoms with van der Waals surface area (Å²) < 4.78 is 0. The van der Waals surface area contributed by atoms with E-state index in [2.05, 4.69) is 5.32 Å². The number of rotatable bonds is 3. The van der Waals surface area contributed by atoms with Gasteiger partial charge in [-0.25, -0.2) is 0 Å². The number of amides is 1. The van der Waals surface area contributed by atoms with Crippen LogP contribution in [0.3, 0.4) is 0 Å². The Hall–Kier alpha value is -2.87. The largest absolute Gasteiger partial charge is 0.329 e. The van der Waals surface area contributed by atoms with E-state index in [1.54, 1.807) is 6.20 Å². The predicted molar refractivity (Wildman–Crippen MR) is 86.9 cm³/mol. The highest BCUT2D eigenvalue weighted by atomic mass is 16.1. The molecule has 0 aliphatic carbocycles. The topological polar surface area (TPSA) is 29.1 Å². The minimum absolute atomic E-state index is 0.104. The van der Waals surface area contributed by atoms with Crippen molar-refractivity contribution in [2.45, 2.75) is 0 Å². The first-order valence-electron chi connectivity index (χ1n) is 6.84. The molecule has 0 saturated carbocycles. The highest BCUT2D eigenvalue weighted by molar-refractivity contribution is 5.99. The number of hydrogen-bond donors (Lipinski definition) is 1. The monoisotopic (exact) mass is 273 g/mol. The molecule has 0 radical (unpaired) electrons. The molecule has 3 aromatic carbocycles. The zero-order chi connectivity index (χ0) is 14.5. The molecular weight excluding hydrogens is 258 g/mol. The van der Waals surface area contributed by atoms with Gasteiger partial charge in [-0.15, -0.1) is 0 Å². The van der Waals surface area contributed by atoms with Gasteiger partial charge in [-0.2, -0.15) is 0 Å². The van der Waals surface area contributed by atoms with E-state index in [1.165, 1.54) is 0 Å². The molecule has 3 aromatic rings. The summed E-state index contributed by atoms with van der Waals surface area (Å²) in [5.74, 6) is -0.104. The van der Waals surface area contributed by atoms with Crippen LogP contribution in [0.15, 0.2) is 79.0 Å². The van der Waals surface area contributed by atoms with Crippen LogP contribution in [-0.2, 0) is 0 Å². The Kier molecular flexibility index (Phi) is 3.79. The molecule has 0 aliphatic rings. The number of carbonyl (C=O) groups excluding carboxylic acids is 1. The van der Waals surface area contributed by atoms with Gasteiger partial charge in [0, 0.05) is 11.8 Å². The number of benzene rings is 3. The fraction of sp³-hybridized carbons (Fsp3) is 0. The summed E-state index contributed by atoms with van der Waals surface area (Å²) in [5, 5.41) is 4.99. The Balaban J connectivity index is 1.73. The van der Waals surface area contributed by atoms with Crippen molar-refractivity contribution in [3.8, 4) is 0 Å². The zero-order valence-electron chi connectivity index (χ0n) is 11.5. The second-order valence-electron chi connectivity index (χ2n) is 4.78. The van der Waals surface area contributed by atoms with Crippen LogP contribution in [0, 0.1) is 0 Å². The van der Waals surface area contributed by atoms with E-state index < -0.39 is 0 Å². The number of carbonyl (C=O) groups is 1. The van der Waals surface area contributed by atoms with Crippen molar-refractivity contribution in [3.63, 3.8) is 0 Å². The van der Waals surface area contributed by atoms with Gasteiger partial charge in [0.2, 0.25) is 0 Å². The molecule has 0 atom stereocenters. The van der Waals surface area contributed by atoms with Gasteiger partial charge in [0.15, 0.2) is 0 Å². The molecule has 0 bridgehead atoms. The summed E-state index contributed by atoms with van der Waals surface area (Å²) in [7, 11) is 0. The highest BCUT2D eigenvalue weighted by Crippen LogP contribution is 2.15. The molecule has 0 aromatic heterocycles. The maximum absolute atomic E-state index is 12.1. The summed E-state index contributed by atoms with van der Waals surface area (Å²) in [6.07, 6.45) is 3.55. The normalized spacial score (nSPS) is 10.9. The van der Waals surface area contributed by atoms with Crippen molar-refractivity contribution in [1.29, 1.82) is 0 Å². The summed E-state index contributed by atoms with van der Waals surface area (Å²) >= 11 is 0. The first-order valence-corrected chi connectivity index (χ1v) is 6.84. The van der Waals surface area contributed by atoms with Crippen molar-refractivity contribution >= 4 is 22.8 Å². The molecule has 0 saturated heterocycles. The predicted octanol–water partition coefficient (Wildman–Crippen LogP) is 4.24. The Bertz CT molecular complexity index is 791. The molecule has 21 heavy (non-hydrogen) atoms. The number of hydrogen-bond acceptors (Lipinski definition) is 1. The van der Waals surface area contributed by atoms with Gasteiger partial charge in [0.1, 0.15) is 0 Å². The lowest BCUT2D eigenvalue weighted by Gasteiger charge is -2.03. The van der Waals surface area contributed by atoms with Crippen molar-refractivity contribution in [3.05, 3.63) is 90.1 Å². The Morgan fingerprint density at radius 2 is 1.52 bits per heavy atom. The molecule has 0 spiro atoms. The Morgan fingerprint density at radius 3 is 2.33 bits per heavy atom. The van der Waals surface area contributed by atoms with Gasteiger partial charge in [-0.3, -0.25) is 4.79 Å². The fourth-order valence-electron chi connectivity index (χ4n) is 2.19. The lowest BCUT2D eigenvalue weighted by molar-refractivity contribution is 0.0970. The van der Waals surface area contributed by atoms with Crippen LogP contribution in [0.1, 0.15) is 15.9 Å². The summed E-state index contributed by atoms with van der Waals surface area (Å²) in [4.78, 5) is 12.1. The van der Waals surface area contributed by atoms with Crippen LogP contribution < -0.4 is 5.32 Å². The Morgan fingerprint density at radius 1 is 0.810 bits per heavy atom. The lowest BCUT2D eigenvalue weighted by Crippen LogP contribution is -2.16. The smallest absolute Gasteiger partial charge is 0.255 e. The van der Waals surface area contributed by atoms with Gasteiger partial charge in [0.05, 0.1) is 0 Å². The first kappa shape index (κ1) is 13.1. The van der Waals surface area contributed by atoms with Gasteiger partial charge < -0.3 is 5.32 Å². The molecule has 3 rings (SSSR count). The molecule has 1 N–H and O–H groups in total. The second kappa shape index (κ2) is 6.06. The average molecular weight is 273 g/mol. The van der Waals surface area contributed by atoms with Crippen LogP contribution >= 0.6 is 0 Å². The van der Waals surface area contributed by atoms with Crippen molar-refractivity contribution in [1.82, 2.24) is 5.32 Å². The first-order chi connectivity index (χ1) is 10.3. The molecule has 102 valence electrons. The molecular formula is C19H15NO. The van der Waals surface area contributed by atoms with Gasteiger partial charge in [-0.1, -0.05) is 60.7 Å². The lowest BCUT2D eigenvalue weighted by atomic mass is 10.1. The quantitative estimate of drug-likeness (QED) is 0.759. The van der Waals surface area contributed by atoms with E-state index in [-0.39, 0.29) is 5.91 Å². The summed E-state index contributed by atoms with van der Waals surface area (Å²) in [6, 6.07) is 23.6. The molecule has 2 nitrogen and oxygen atoms in total. The molecule has 0 heterocycles. The van der Waals surface area contributed by atoms with E-state index in [4.69, 9.17) is 0 Å². The summed E-state index contributed by atoms with van der Waals surface area (Å²) in [6.45, 7) is 0. The Labute approximate surface area is 123 Å². The number of fused-ring (bicyclic) bond motifs is 1.